The first-order valence-corrected chi connectivity index (χ1v) is 4.83. The largest absolute Gasteiger partial charge is 0.393 e. The SMILES string of the molecule is CC(=O)C(Cc1ccccc1)C(C)O. The van der Waals surface area contributed by atoms with E-state index in [1.165, 1.54) is 6.92 Å². The maximum absolute atomic E-state index is 11.2. The molecule has 14 heavy (non-hydrogen) atoms. The summed E-state index contributed by atoms with van der Waals surface area (Å²) in [5.74, 6) is -0.235. The molecule has 1 rings (SSSR count). The highest BCUT2D eigenvalue weighted by Gasteiger charge is 2.19. The van der Waals surface area contributed by atoms with Gasteiger partial charge < -0.3 is 5.11 Å². The molecule has 1 aromatic carbocycles. The number of carbonyl (C=O) groups is 1. The summed E-state index contributed by atoms with van der Waals surface area (Å²) < 4.78 is 0. The van der Waals surface area contributed by atoms with E-state index in [2.05, 4.69) is 0 Å². The van der Waals surface area contributed by atoms with E-state index in [-0.39, 0.29) is 11.7 Å². The van der Waals surface area contributed by atoms with Crippen molar-refractivity contribution in [2.75, 3.05) is 0 Å². The lowest BCUT2D eigenvalue weighted by Crippen LogP contribution is -2.26. The van der Waals surface area contributed by atoms with Crippen LogP contribution in [0.15, 0.2) is 30.3 Å². The summed E-state index contributed by atoms with van der Waals surface area (Å²) in [6, 6.07) is 9.76. The van der Waals surface area contributed by atoms with Gasteiger partial charge in [0.25, 0.3) is 0 Å². The van der Waals surface area contributed by atoms with Crippen LogP contribution in [-0.4, -0.2) is 17.0 Å². The average molecular weight is 192 g/mol. The predicted molar refractivity (Wildman–Crippen MR) is 56.0 cm³/mol. The number of hydrogen-bond acceptors (Lipinski definition) is 2. The van der Waals surface area contributed by atoms with Crippen molar-refractivity contribution in [3.63, 3.8) is 0 Å². The van der Waals surface area contributed by atoms with E-state index in [0.717, 1.165) is 5.56 Å². The van der Waals surface area contributed by atoms with Crippen molar-refractivity contribution in [1.29, 1.82) is 0 Å². The molecular formula is C12H16O2. The summed E-state index contributed by atoms with van der Waals surface area (Å²) in [5, 5.41) is 9.42. The third-order valence-corrected chi connectivity index (χ3v) is 2.40. The number of carbonyl (C=O) groups excluding carboxylic acids is 1. The Balaban J connectivity index is 2.70. The van der Waals surface area contributed by atoms with Gasteiger partial charge in [0.1, 0.15) is 5.78 Å². The highest BCUT2D eigenvalue weighted by atomic mass is 16.3. The molecular weight excluding hydrogens is 176 g/mol. The van der Waals surface area contributed by atoms with E-state index in [0.29, 0.717) is 6.42 Å². The van der Waals surface area contributed by atoms with Gasteiger partial charge in [-0.25, -0.2) is 0 Å². The molecule has 0 spiro atoms. The minimum atomic E-state index is -0.576. The van der Waals surface area contributed by atoms with Crippen LogP contribution in [0.1, 0.15) is 19.4 Å². The first-order chi connectivity index (χ1) is 6.61. The molecule has 2 atom stereocenters. The van der Waals surface area contributed by atoms with E-state index < -0.39 is 6.10 Å². The van der Waals surface area contributed by atoms with Gasteiger partial charge >= 0.3 is 0 Å². The first-order valence-electron chi connectivity index (χ1n) is 4.83. The topological polar surface area (TPSA) is 37.3 Å². The van der Waals surface area contributed by atoms with Crippen molar-refractivity contribution in [2.24, 2.45) is 5.92 Å². The summed E-state index contributed by atoms with van der Waals surface area (Å²) >= 11 is 0. The third-order valence-electron chi connectivity index (χ3n) is 2.40. The Morgan fingerprint density at radius 1 is 1.36 bits per heavy atom. The molecule has 2 unspecified atom stereocenters. The smallest absolute Gasteiger partial charge is 0.135 e. The lowest BCUT2D eigenvalue weighted by Gasteiger charge is -2.16. The van der Waals surface area contributed by atoms with Crippen molar-refractivity contribution in [2.45, 2.75) is 26.4 Å². The highest BCUT2D eigenvalue weighted by Crippen LogP contribution is 2.13. The Bertz CT molecular complexity index is 290. The standard InChI is InChI=1S/C12H16O2/c1-9(13)12(10(2)14)8-11-6-4-3-5-7-11/h3-7,9,12-13H,8H2,1-2H3. The zero-order valence-corrected chi connectivity index (χ0v) is 8.60. The zero-order valence-electron chi connectivity index (χ0n) is 8.60. The van der Waals surface area contributed by atoms with Crippen molar-refractivity contribution in [3.8, 4) is 0 Å². The molecule has 2 nitrogen and oxygen atoms in total. The maximum atomic E-state index is 11.2. The Labute approximate surface area is 84.6 Å². The van der Waals surface area contributed by atoms with Gasteiger partial charge in [-0.05, 0) is 25.8 Å². The molecule has 2 heteroatoms. The van der Waals surface area contributed by atoms with Crippen LogP contribution >= 0.6 is 0 Å². The van der Waals surface area contributed by atoms with E-state index in [9.17, 15) is 9.90 Å². The normalized spacial score (nSPS) is 14.8. The molecule has 0 saturated carbocycles. The summed E-state index contributed by atoms with van der Waals surface area (Å²) in [7, 11) is 0. The van der Waals surface area contributed by atoms with Crippen molar-refractivity contribution in [1.82, 2.24) is 0 Å². The van der Waals surface area contributed by atoms with Gasteiger partial charge in [0.2, 0.25) is 0 Å². The molecule has 0 heterocycles. The van der Waals surface area contributed by atoms with Gasteiger partial charge in [0.15, 0.2) is 0 Å². The van der Waals surface area contributed by atoms with Gasteiger partial charge in [-0.2, -0.15) is 0 Å². The number of Topliss-reactive ketones (excluding diaryl/α,β-unsaturated/α-hetero) is 1. The molecule has 76 valence electrons. The fraction of sp³-hybridized carbons (Fsp3) is 0.417. The van der Waals surface area contributed by atoms with Crippen molar-refractivity contribution in [3.05, 3.63) is 35.9 Å². The first kappa shape index (κ1) is 10.9. The predicted octanol–water partition coefficient (Wildman–Crippen LogP) is 1.82. The fourth-order valence-electron chi connectivity index (χ4n) is 1.52. The molecule has 0 bridgehead atoms. The van der Waals surface area contributed by atoms with Crippen LogP contribution < -0.4 is 0 Å². The molecule has 0 fully saturated rings. The van der Waals surface area contributed by atoms with Gasteiger partial charge in [-0.3, -0.25) is 4.79 Å². The molecule has 0 aliphatic heterocycles. The summed E-state index contributed by atoms with van der Waals surface area (Å²) in [5.41, 5.74) is 1.09. The number of hydrogen-bond donors (Lipinski definition) is 1. The Kier molecular flexibility index (Phi) is 3.84. The monoisotopic (exact) mass is 192 g/mol. The van der Waals surface area contributed by atoms with E-state index in [1.807, 2.05) is 30.3 Å². The van der Waals surface area contributed by atoms with Crippen LogP contribution in [0.3, 0.4) is 0 Å². The molecule has 1 aromatic rings. The minimum Gasteiger partial charge on any atom is -0.393 e. The summed E-state index contributed by atoms with van der Waals surface area (Å²) in [6.07, 6.45) is 0.0427. The quantitative estimate of drug-likeness (QED) is 0.790. The second-order valence-corrected chi connectivity index (χ2v) is 3.65. The Morgan fingerprint density at radius 2 is 1.93 bits per heavy atom. The van der Waals surface area contributed by atoms with Gasteiger partial charge in [-0.15, -0.1) is 0 Å². The molecule has 0 aliphatic rings. The molecule has 0 aromatic heterocycles. The summed E-state index contributed by atoms with van der Waals surface area (Å²) in [4.78, 5) is 11.2. The van der Waals surface area contributed by atoms with Crippen LogP contribution in [0.5, 0.6) is 0 Å². The van der Waals surface area contributed by atoms with E-state index in [1.54, 1.807) is 6.92 Å². The number of aliphatic hydroxyl groups is 1. The van der Waals surface area contributed by atoms with Crippen LogP contribution in [0.2, 0.25) is 0 Å². The molecule has 0 radical (unpaired) electrons. The number of benzene rings is 1. The third kappa shape index (κ3) is 2.96. The van der Waals surface area contributed by atoms with Gasteiger partial charge in [0.05, 0.1) is 6.10 Å². The summed E-state index contributed by atoms with van der Waals surface area (Å²) in [6.45, 7) is 3.19. The molecule has 0 saturated heterocycles. The number of ketones is 1. The van der Waals surface area contributed by atoms with Crippen LogP contribution in [0.4, 0.5) is 0 Å². The van der Waals surface area contributed by atoms with Crippen molar-refractivity contribution < 1.29 is 9.90 Å². The maximum Gasteiger partial charge on any atom is 0.135 e. The Hall–Kier alpha value is -1.15. The average Bonchev–Trinajstić information content (AvgIpc) is 2.15. The fourth-order valence-corrected chi connectivity index (χ4v) is 1.52. The number of aliphatic hydroxyl groups excluding tert-OH is 1. The molecule has 1 N–H and O–H groups in total. The lowest BCUT2D eigenvalue weighted by atomic mass is 9.92. The second-order valence-electron chi connectivity index (χ2n) is 3.65. The Morgan fingerprint density at radius 3 is 2.36 bits per heavy atom. The van der Waals surface area contributed by atoms with Gasteiger partial charge in [-0.1, -0.05) is 30.3 Å². The van der Waals surface area contributed by atoms with Crippen LogP contribution in [0, 0.1) is 5.92 Å². The lowest BCUT2D eigenvalue weighted by molar-refractivity contribution is -0.123. The second kappa shape index (κ2) is 4.91. The van der Waals surface area contributed by atoms with Gasteiger partial charge in [0, 0.05) is 5.92 Å². The highest BCUT2D eigenvalue weighted by molar-refractivity contribution is 5.79. The van der Waals surface area contributed by atoms with Crippen LogP contribution in [-0.2, 0) is 11.2 Å². The zero-order chi connectivity index (χ0) is 10.6. The number of rotatable bonds is 4. The minimum absolute atomic E-state index is 0.0452. The van der Waals surface area contributed by atoms with Crippen molar-refractivity contribution >= 4 is 5.78 Å². The molecule has 0 aliphatic carbocycles. The van der Waals surface area contributed by atoms with Crippen LogP contribution in [0.25, 0.3) is 0 Å². The molecule has 0 amide bonds. The van der Waals surface area contributed by atoms with E-state index >= 15 is 0 Å². The van der Waals surface area contributed by atoms with E-state index in [4.69, 9.17) is 0 Å².